The van der Waals surface area contributed by atoms with E-state index in [1.54, 1.807) is 0 Å². The summed E-state index contributed by atoms with van der Waals surface area (Å²) >= 11 is 0. The zero-order valence-electron chi connectivity index (χ0n) is 12.4. The second-order valence-electron chi connectivity index (χ2n) is 6.45. The first-order valence-electron chi connectivity index (χ1n) is 6.76. The summed E-state index contributed by atoms with van der Waals surface area (Å²) in [5.74, 6) is -0.310. The molecule has 2 unspecified atom stereocenters. The summed E-state index contributed by atoms with van der Waals surface area (Å²) in [5.41, 5.74) is 0.207. The van der Waals surface area contributed by atoms with Gasteiger partial charge in [0.25, 0.3) is 0 Å². The van der Waals surface area contributed by atoms with Gasteiger partial charge >= 0.3 is 5.97 Å². The van der Waals surface area contributed by atoms with E-state index in [9.17, 15) is 4.79 Å². The molecule has 0 aromatic heterocycles. The van der Waals surface area contributed by atoms with Crippen molar-refractivity contribution in [1.29, 1.82) is 5.26 Å². The summed E-state index contributed by atoms with van der Waals surface area (Å²) in [4.78, 5) is 13.7. The Morgan fingerprint density at radius 3 is 2.68 bits per heavy atom. The third kappa shape index (κ3) is 5.58. The summed E-state index contributed by atoms with van der Waals surface area (Å²) in [7, 11) is 1.42. The van der Waals surface area contributed by atoms with Gasteiger partial charge in [0.1, 0.15) is 0 Å². The number of esters is 1. The normalized spacial score (nSPS) is 24.8. The average molecular weight is 267 g/mol. The zero-order valence-corrected chi connectivity index (χ0v) is 12.4. The van der Waals surface area contributed by atoms with Crippen LogP contribution in [0.25, 0.3) is 0 Å². The topological polar surface area (TPSA) is 65.4 Å². The van der Waals surface area contributed by atoms with Gasteiger partial charge in [-0.25, -0.2) is 0 Å². The number of rotatable bonds is 4. The van der Waals surface area contributed by atoms with Crippen LogP contribution in [0.15, 0.2) is 0 Å². The van der Waals surface area contributed by atoms with Crippen LogP contribution in [-0.2, 0) is 9.53 Å². The van der Waals surface area contributed by atoms with E-state index in [1.807, 2.05) is 4.90 Å². The highest BCUT2D eigenvalue weighted by molar-refractivity contribution is 5.72. The lowest BCUT2D eigenvalue weighted by Gasteiger charge is -2.37. The molecule has 1 aliphatic heterocycles. The number of hydrogen-bond donors (Lipinski definition) is 1. The number of ether oxygens (including phenoxy) is 1. The molecule has 1 aliphatic rings. The van der Waals surface area contributed by atoms with Crippen molar-refractivity contribution >= 4 is 5.97 Å². The molecule has 2 atom stereocenters. The Morgan fingerprint density at radius 1 is 1.47 bits per heavy atom. The van der Waals surface area contributed by atoms with E-state index >= 15 is 0 Å². The molecule has 1 saturated heterocycles. The fourth-order valence-corrected chi connectivity index (χ4v) is 2.36. The Kier molecular flexibility index (Phi) is 5.77. The minimum absolute atomic E-state index is 0.135. The number of nitriles is 1. The van der Waals surface area contributed by atoms with Crippen molar-refractivity contribution in [2.24, 2.45) is 11.3 Å². The molecule has 1 rings (SSSR count). The maximum atomic E-state index is 11.7. The van der Waals surface area contributed by atoms with Gasteiger partial charge in [0, 0.05) is 25.7 Å². The van der Waals surface area contributed by atoms with Crippen molar-refractivity contribution in [2.75, 3.05) is 33.3 Å². The predicted octanol–water partition coefficient (Wildman–Crippen LogP) is 1.01. The first-order chi connectivity index (χ1) is 8.85. The summed E-state index contributed by atoms with van der Waals surface area (Å²) in [6.45, 7) is 9.22. The highest BCUT2D eigenvalue weighted by Gasteiger charge is 2.32. The molecule has 1 N–H and O–H groups in total. The minimum Gasteiger partial charge on any atom is -0.469 e. The van der Waals surface area contributed by atoms with E-state index in [4.69, 9.17) is 10.00 Å². The van der Waals surface area contributed by atoms with Crippen LogP contribution >= 0.6 is 0 Å². The van der Waals surface area contributed by atoms with E-state index in [0.29, 0.717) is 13.1 Å². The fraction of sp³-hybridized carbons (Fsp3) is 0.857. The van der Waals surface area contributed by atoms with E-state index in [0.717, 1.165) is 19.5 Å². The van der Waals surface area contributed by atoms with Gasteiger partial charge in [-0.1, -0.05) is 20.8 Å². The molecule has 0 aliphatic carbocycles. The summed E-state index contributed by atoms with van der Waals surface area (Å²) in [6.07, 6.45) is 0.782. The second-order valence-corrected chi connectivity index (χ2v) is 6.45. The van der Waals surface area contributed by atoms with E-state index in [2.05, 4.69) is 32.2 Å². The summed E-state index contributed by atoms with van der Waals surface area (Å²) in [6, 6.07) is 2.39. The molecule has 0 radical (unpaired) electrons. The van der Waals surface area contributed by atoms with Crippen molar-refractivity contribution in [3.05, 3.63) is 0 Å². The fourth-order valence-electron chi connectivity index (χ4n) is 2.36. The predicted molar refractivity (Wildman–Crippen MR) is 73.4 cm³/mol. The van der Waals surface area contributed by atoms with Gasteiger partial charge in [-0.15, -0.1) is 0 Å². The lowest BCUT2D eigenvalue weighted by molar-refractivity contribution is -0.147. The number of hydrogen-bond acceptors (Lipinski definition) is 5. The number of piperidine rings is 1. The number of nitrogens with one attached hydrogen (secondary N) is 1. The Balaban J connectivity index is 2.60. The third-order valence-electron chi connectivity index (χ3n) is 3.28. The highest BCUT2D eigenvalue weighted by Crippen LogP contribution is 2.19. The Hall–Kier alpha value is -1.12. The molecular formula is C14H25N3O2. The lowest BCUT2D eigenvalue weighted by Crippen LogP contribution is -2.52. The summed E-state index contributed by atoms with van der Waals surface area (Å²) in [5, 5.41) is 12.3. The number of nitrogens with zero attached hydrogens (tertiary/aromatic N) is 2. The maximum absolute atomic E-state index is 11.7. The molecule has 1 fully saturated rings. The van der Waals surface area contributed by atoms with Gasteiger partial charge in [0.05, 0.1) is 25.6 Å². The van der Waals surface area contributed by atoms with Gasteiger partial charge < -0.3 is 10.1 Å². The van der Waals surface area contributed by atoms with E-state index in [-0.39, 0.29) is 23.3 Å². The molecule has 0 spiro atoms. The average Bonchev–Trinajstić information content (AvgIpc) is 2.35. The molecule has 0 aromatic carbocycles. The molecule has 108 valence electrons. The molecule has 5 heteroatoms. The molecule has 0 amide bonds. The van der Waals surface area contributed by atoms with Crippen molar-refractivity contribution in [3.8, 4) is 6.07 Å². The van der Waals surface area contributed by atoms with Crippen LogP contribution in [0, 0.1) is 22.7 Å². The second kappa shape index (κ2) is 6.88. The molecule has 1 heterocycles. The van der Waals surface area contributed by atoms with Gasteiger partial charge in [-0.05, 0) is 11.8 Å². The number of carbonyl (C=O) groups excluding carboxylic acids is 1. The largest absolute Gasteiger partial charge is 0.469 e. The van der Waals surface area contributed by atoms with Crippen LogP contribution in [-0.4, -0.2) is 50.2 Å². The first kappa shape index (κ1) is 15.9. The van der Waals surface area contributed by atoms with Gasteiger partial charge in [-0.2, -0.15) is 5.26 Å². The van der Waals surface area contributed by atoms with E-state index < -0.39 is 0 Å². The van der Waals surface area contributed by atoms with Crippen LogP contribution in [0.1, 0.15) is 27.2 Å². The lowest BCUT2D eigenvalue weighted by atomic mass is 9.92. The van der Waals surface area contributed by atoms with Crippen LogP contribution in [0.3, 0.4) is 0 Å². The van der Waals surface area contributed by atoms with Crippen molar-refractivity contribution in [2.45, 2.75) is 33.2 Å². The Bertz CT molecular complexity index is 344. The monoisotopic (exact) mass is 267 g/mol. The van der Waals surface area contributed by atoms with Gasteiger partial charge in [-0.3, -0.25) is 9.69 Å². The Labute approximate surface area is 115 Å². The standard InChI is InChI=1S/C14H25N3O2/c1-14(2,3)10-16-12-7-11(13(18)19-4)8-17(9-12)6-5-15/h11-12,16H,6-10H2,1-4H3. The first-order valence-corrected chi connectivity index (χ1v) is 6.76. The van der Waals surface area contributed by atoms with Gasteiger partial charge in [0.15, 0.2) is 0 Å². The number of carbonyl (C=O) groups is 1. The van der Waals surface area contributed by atoms with Crippen molar-refractivity contribution in [1.82, 2.24) is 10.2 Å². The van der Waals surface area contributed by atoms with Crippen molar-refractivity contribution < 1.29 is 9.53 Å². The van der Waals surface area contributed by atoms with Gasteiger partial charge in [0.2, 0.25) is 0 Å². The van der Waals surface area contributed by atoms with E-state index in [1.165, 1.54) is 7.11 Å². The zero-order chi connectivity index (χ0) is 14.5. The van der Waals surface area contributed by atoms with Crippen LogP contribution in [0.2, 0.25) is 0 Å². The summed E-state index contributed by atoms with van der Waals surface area (Å²) < 4.78 is 4.83. The third-order valence-corrected chi connectivity index (χ3v) is 3.28. The minimum atomic E-state index is -0.176. The molecule has 0 saturated carbocycles. The van der Waals surface area contributed by atoms with Crippen molar-refractivity contribution in [3.63, 3.8) is 0 Å². The SMILES string of the molecule is COC(=O)C1CC(NCC(C)(C)C)CN(CC#N)C1. The van der Waals surface area contributed by atoms with Crippen LogP contribution in [0.4, 0.5) is 0 Å². The molecule has 5 nitrogen and oxygen atoms in total. The van der Waals surface area contributed by atoms with Crippen LogP contribution in [0.5, 0.6) is 0 Å². The quantitative estimate of drug-likeness (QED) is 0.608. The van der Waals surface area contributed by atoms with Crippen LogP contribution < -0.4 is 5.32 Å². The maximum Gasteiger partial charge on any atom is 0.310 e. The molecular weight excluding hydrogens is 242 g/mol. The number of likely N-dealkylation sites (tertiary alicyclic amines) is 1. The highest BCUT2D eigenvalue weighted by atomic mass is 16.5. The molecule has 0 aromatic rings. The molecule has 19 heavy (non-hydrogen) atoms. The number of methoxy groups -OCH3 is 1. The molecule has 0 bridgehead atoms. The smallest absolute Gasteiger partial charge is 0.310 e. The Morgan fingerprint density at radius 2 is 2.16 bits per heavy atom.